The number of benzene rings is 1. The fraction of sp³-hybridized carbons (Fsp3) is 0.294. The molecule has 2 N–H and O–H groups in total. The lowest BCUT2D eigenvalue weighted by molar-refractivity contribution is -0.137. The third-order valence-corrected chi connectivity index (χ3v) is 4.28. The zero-order chi connectivity index (χ0) is 19.7. The number of nitrogens with zero attached hydrogens (tertiary/aromatic N) is 4. The highest BCUT2D eigenvalue weighted by atomic mass is 19.4. The number of carbonyl (C=O) groups excluding carboxylic acids is 1. The molecule has 3 heterocycles. The molecule has 8 nitrogen and oxygen atoms in total. The molecule has 0 radical (unpaired) electrons. The predicted molar refractivity (Wildman–Crippen MR) is 94.1 cm³/mol. The molecule has 146 valence electrons. The number of aromatic amines is 1. The molecule has 1 aromatic carbocycles. The number of alkyl halides is 3. The number of ether oxygens (including phenoxy) is 1. The van der Waals surface area contributed by atoms with Crippen LogP contribution in [0.5, 0.6) is 0 Å². The Balaban J connectivity index is 1.68. The smallest absolute Gasteiger partial charge is 0.378 e. The van der Waals surface area contributed by atoms with E-state index in [1.165, 1.54) is 18.5 Å². The maximum Gasteiger partial charge on any atom is 0.417 e. The second kappa shape index (κ2) is 7.08. The van der Waals surface area contributed by atoms with Crippen molar-refractivity contribution in [3.8, 4) is 0 Å². The van der Waals surface area contributed by atoms with Crippen LogP contribution in [0, 0.1) is 0 Å². The first-order valence-corrected chi connectivity index (χ1v) is 8.45. The lowest BCUT2D eigenvalue weighted by Gasteiger charge is -2.28. The Morgan fingerprint density at radius 2 is 1.93 bits per heavy atom. The van der Waals surface area contributed by atoms with Gasteiger partial charge in [0.2, 0.25) is 5.95 Å². The van der Waals surface area contributed by atoms with Crippen molar-refractivity contribution in [1.82, 2.24) is 19.9 Å². The van der Waals surface area contributed by atoms with E-state index in [1.54, 1.807) is 0 Å². The summed E-state index contributed by atoms with van der Waals surface area (Å²) >= 11 is 0. The minimum absolute atomic E-state index is 0.122. The molecule has 4 rings (SSSR count). The number of H-pyrrole nitrogens is 1. The van der Waals surface area contributed by atoms with E-state index in [0.717, 1.165) is 12.1 Å². The van der Waals surface area contributed by atoms with Crippen molar-refractivity contribution in [3.63, 3.8) is 0 Å². The van der Waals surface area contributed by atoms with Crippen LogP contribution in [0.4, 0.5) is 24.9 Å². The first kappa shape index (κ1) is 18.2. The van der Waals surface area contributed by atoms with E-state index in [1.807, 2.05) is 4.90 Å². The molecule has 1 aliphatic heterocycles. The predicted octanol–water partition coefficient (Wildman–Crippen LogP) is 2.46. The van der Waals surface area contributed by atoms with Gasteiger partial charge in [0, 0.05) is 13.1 Å². The van der Waals surface area contributed by atoms with Gasteiger partial charge in [0.25, 0.3) is 5.91 Å². The number of hydrogen-bond acceptors (Lipinski definition) is 6. The zero-order valence-corrected chi connectivity index (χ0v) is 14.5. The van der Waals surface area contributed by atoms with Gasteiger partial charge in [-0.3, -0.25) is 10.1 Å². The van der Waals surface area contributed by atoms with Gasteiger partial charge in [-0.2, -0.15) is 23.1 Å². The minimum atomic E-state index is -4.65. The van der Waals surface area contributed by atoms with Crippen molar-refractivity contribution in [3.05, 3.63) is 41.7 Å². The molecule has 0 bridgehead atoms. The van der Waals surface area contributed by atoms with Gasteiger partial charge in [-0.25, -0.2) is 4.98 Å². The summed E-state index contributed by atoms with van der Waals surface area (Å²) < 4.78 is 44.9. The van der Waals surface area contributed by atoms with E-state index >= 15 is 0 Å². The van der Waals surface area contributed by atoms with Gasteiger partial charge < -0.3 is 14.6 Å². The molecule has 0 unspecified atom stereocenters. The molecule has 1 aliphatic rings. The number of aromatic nitrogens is 4. The molecule has 2 aromatic heterocycles. The molecule has 1 amide bonds. The summed E-state index contributed by atoms with van der Waals surface area (Å²) in [4.78, 5) is 29.9. The highest BCUT2D eigenvalue weighted by Gasteiger charge is 2.35. The van der Waals surface area contributed by atoms with Crippen molar-refractivity contribution in [1.29, 1.82) is 0 Å². The molecular formula is C17H15F3N6O2. The zero-order valence-electron chi connectivity index (χ0n) is 14.5. The summed E-state index contributed by atoms with van der Waals surface area (Å²) in [6, 6.07) is 4.55. The normalized spacial score (nSPS) is 15.0. The van der Waals surface area contributed by atoms with Crippen molar-refractivity contribution >= 4 is 28.8 Å². The number of morpholine rings is 1. The van der Waals surface area contributed by atoms with E-state index in [-0.39, 0.29) is 5.95 Å². The minimum Gasteiger partial charge on any atom is -0.378 e. The summed E-state index contributed by atoms with van der Waals surface area (Å²) in [6.07, 6.45) is -3.21. The second-order valence-corrected chi connectivity index (χ2v) is 6.07. The van der Waals surface area contributed by atoms with Crippen LogP contribution in [-0.4, -0.2) is 52.1 Å². The van der Waals surface area contributed by atoms with Crippen LogP contribution in [0.25, 0.3) is 11.2 Å². The Labute approximate surface area is 156 Å². The molecule has 0 saturated carbocycles. The van der Waals surface area contributed by atoms with Crippen LogP contribution in [0.1, 0.15) is 15.9 Å². The molecule has 1 fully saturated rings. The average molecular weight is 392 g/mol. The molecular weight excluding hydrogens is 377 g/mol. The summed E-state index contributed by atoms with van der Waals surface area (Å²) in [5.41, 5.74) is -0.651. The summed E-state index contributed by atoms with van der Waals surface area (Å²) in [6.45, 7) is 2.19. The van der Waals surface area contributed by atoms with Crippen LogP contribution in [0.15, 0.2) is 30.6 Å². The fourth-order valence-corrected chi connectivity index (χ4v) is 2.97. The highest BCUT2D eigenvalue weighted by Crippen LogP contribution is 2.32. The van der Waals surface area contributed by atoms with Crippen molar-refractivity contribution in [2.45, 2.75) is 6.18 Å². The number of amides is 1. The van der Waals surface area contributed by atoms with E-state index in [4.69, 9.17) is 4.74 Å². The van der Waals surface area contributed by atoms with Crippen LogP contribution in [0.2, 0.25) is 0 Å². The number of anilines is 2. The number of imidazole rings is 1. The van der Waals surface area contributed by atoms with Crippen LogP contribution < -0.4 is 10.2 Å². The maximum absolute atomic E-state index is 13.2. The quantitative estimate of drug-likeness (QED) is 0.711. The van der Waals surface area contributed by atoms with E-state index in [9.17, 15) is 18.0 Å². The molecule has 28 heavy (non-hydrogen) atoms. The summed E-state index contributed by atoms with van der Waals surface area (Å²) in [5.74, 6) is -0.566. The van der Waals surface area contributed by atoms with Gasteiger partial charge in [-0.05, 0) is 12.1 Å². The highest BCUT2D eigenvalue weighted by molar-refractivity contribution is 6.05. The van der Waals surface area contributed by atoms with Crippen molar-refractivity contribution < 1.29 is 22.7 Å². The molecule has 0 aliphatic carbocycles. The largest absolute Gasteiger partial charge is 0.417 e. The Morgan fingerprint density at radius 1 is 1.18 bits per heavy atom. The number of halogens is 3. The van der Waals surface area contributed by atoms with Crippen LogP contribution in [-0.2, 0) is 10.9 Å². The van der Waals surface area contributed by atoms with Gasteiger partial charge in [0.05, 0.1) is 30.7 Å². The molecule has 1 saturated heterocycles. The summed E-state index contributed by atoms with van der Waals surface area (Å²) in [7, 11) is 0. The Morgan fingerprint density at radius 3 is 2.68 bits per heavy atom. The molecule has 0 atom stereocenters. The third kappa shape index (κ3) is 3.48. The molecule has 0 spiro atoms. The van der Waals surface area contributed by atoms with Gasteiger partial charge in [0.15, 0.2) is 11.5 Å². The Hall–Kier alpha value is -3.21. The maximum atomic E-state index is 13.2. The lowest BCUT2D eigenvalue weighted by Crippen LogP contribution is -2.37. The van der Waals surface area contributed by atoms with E-state index in [2.05, 4.69) is 25.3 Å². The average Bonchev–Trinajstić information content (AvgIpc) is 3.16. The van der Waals surface area contributed by atoms with Crippen LogP contribution in [0.3, 0.4) is 0 Å². The topological polar surface area (TPSA) is 96.0 Å². The number of rotatable bonds is 3. The number of carbonyl (C=O) groups is 1. The van der Waals surface area contributed by atoms with Gasteiger partial charge >= 0.3 is 6.18 Å². The first-order valence-electron chi connectivity index (χ1n) is 8.45. The molecule has 11 heteroatoms. The van der Waals surface area contributed by atoms with Gasteiger partial charge in [0.1, 0.15) is 5.52 Å². The van der Waals surface area contributed by atoms with E-state index in [0.29, 0.717) is 43.3 Å². The van der Waals surface area contributed by atoms with Crippen LogP contribution >= 0.6 is 0 Å². The number of fused-ring (bicyclic) bond motifs is 1. The SMILES string of the molecule is O=C(Nc1nc(N2CCOCC2)c2[nH]cnc2n1)c1ccccc1C(F)(F)F. The Kier molecular flexibility index (Phi) is 4.59. The monoisotopic (exact) mass is 392 g/mol. The number of nitrogens with one attached hydrogen (secondary N) is 2. The second-order valence-electron chi connectivity index (χ2n) is 6.07. The molecule has 3 aromatic rings. The standard InChI is InChI=1S/C17H15F3N6O2/c18-17(19,20)11-4-2-1-3-10(11)15(27)25-16-23-13-12(21-9-22-13)14(24-16)26-5-7-28-8-6-26/h1-4,9H,5-8H2,(H2,21,22,23,24,25,27). The van der Waals surface area contributed by atoms with Gasteiger partial charge in [-0.15, -0.1) is 0 Å². The van der Waals surface area contributed by atoms with Crippen molar-refractivity contribution in [2.24, 2.45) is 0 Å². The lowest BCUT2D eigenvalue weighted by atomic mass is 10.1. The Bertz CT molecular complexity index is 1010. The fourth-order valence-electron chi connectivity index (χ4n) is 2.97. The van der Waals surface area contributed by atoms with Gasteiger partial charge in [-0.1, -0.05) is 12.1 Å². The third-order valence-electron chi connectivity index (χ3n) is 4.28. The van der Waals surface area contributed by atoms with Crippen molar-refractivity contribution in [2.75, 3.05) is 36.5 Å². The van der Waals surface area contributed by atoms with E-state index < -0.39 is 23.2 Å². The number of hydrogen-bond donors (Lipinski definition) is 2. The first-order chi connectivity index (χ1) is 13.4. The summed E-state index contributed by atoms with van der Waals surface area (Å²) in [5, 5.41) is 2.36.